The van der Waals surface area contributed by atoms with Crippen molar-refractivity contribution in [3.63, 3.8) is 0 Å². The molecule has 32 heavy (non-hydrogen) atoms. The number of halogens is 1. The van der Waals surface area contributed by atoms with E-state index in [1.807, 2.05) is 13.0 Å². The molecule has 1 aliphatic heterocycles. The van der Waals surface area contributed by atoms with Crippen molar-refractivity contribution in [2.75, 3.05) is 37.6 Å². The molecule has 1 saturated heterocycles. The number of rotatable bonds is 10. The lowest BCUT2D eigenvalue weighted by Crippen LogP contribution is -2.23. The standard InChI is InChI=1S/C18H27ClN4O7P2/c1-11(3-14(29-2)9-30-32(27,28)10-31(24,25)26)16-6-20-18-15(5-17(19)21-23(16)18)22-7-12-4-13(12)8-22/h5-6,11-14H,3-4,7-10H2,1-2H3,(H,27,28)(H2,24,25,26)/t11?,12?,13?,14-/m0/s1. The fourth-order valence-corrected chi connectivity index (χ4v) is 7.09. The van der Waals surface area contributed by atoms with Gasteiger partial charge >= 0.3 is 15.2 Å². The smallest absolute Gasteiger partial charge is 0.340 e. The Labute approximate surface area is 190 Å². The van der Waals surface area contributed by atoms with Gasteiger partial charge in [0.25, 0.3) is 0 Å². The first-order chi connectivity index (χ1) is 15.0. The Morgan fingerprint density at radius 2 is 1.97 bits per heavy atom. The monoisotopic (exact) mass is 508 g/mol. The molecule has 14 heteroatoms. The van der Waals surface area contributed by atoms with Gasteiger partial charge in [0.1, 0.15) is 0 Å². The van der Waals surface area contributed by atoms with E-state index in [2.05, 4.69) is 15.0 Å². The van der Waals surface area contributed by atoms with E-state index in [0.29, 0.717) is 11.6 Å². The Kier molecular flexibility index (Phi) is 6.75. The average Bonchev–Trinajstić information content (AvgIpc) is 3.08. The second-order valence-electron chi connectivity index (χ2n) is 8.67. The molecule has 11 nitrogen and oxygen atoms in total. The Morgan fingerprint density at radius 3 is 2.59 bits per heavy atom. The van der Waals surface area contributed by atoms with Gasteiger partial charge in [-0.3, -0.25) is 9.13 Å². The lowest BCUT2D eigenvalue weighted by Gasteiger charge is -2.22. The molecule has 1 saturated carbocycles. The summed E-state index contributed by atoms with van der Waals surface area (Å²) in [5.41, 5.74) is 2.49. The molecule has 4 unspecified atom stereocenters. The van der Waals surface area contributed by atoms with E-state index < -0.39 is 27.2 Å². The summed E-state index contributed by atoms with van der Waals surface area (Å²) < 4.78 is 34.9. The van der Waals surface area contributed by atoms with E-state index in [-0.39, 0.29) is 12.5 Å². The minimum atomic E-state index is -4.69. The summed E-state index contributed by atoms with van der Waals surface area (Å²) in [6.07, 6.45) is 2.84. The van der Waals surface area contributed by atoms with Gasteiger partial charge in [0.05, 0.1) is 30.3 Å². The van der Waals surface area contributed by atoms with Crippen LogP contribution in [0.1, 0.15) is 31.4 Å². The fraction of sp³-hybridized carbons (Fsp3) is 0.667. The first kappa shape index (κ1) is 24.1. The van der Waals surface area contributed by atoms with E-state index in [4.69, 9.17) is 30.6 Å². The molecule has 2 fully saturated rings. The normalized spacial score (nSPS) is 24.4. The molecule has 0 amide bonds. The predicted molar refractivity (Wildman–Crippen MR) is 118 cm³/mol. The van der Waals surface area contributed by atoms with Crippen LogP contribution in [0, 0.1) is 11.8 Å². The van der Waals surface area contributed by atoms with Crippen LogP contribution in [-0.4, -0.2) is 68.1 Å². The molecule has 1 aliphatic carbocycles. The Hall–Kier alpha value is -1.03. The largest absolute Gasteiger partial charge is 0.379 e. The molecule has 178 valence electrons. The van der Waals surface area contributed by atoms with Crippen LogP contribution in [0.25, 0.3) is 5.65 Å². The minimum Gasteiger partial charge on any atom is -0.379 e. The summed E-state index contributed by atoms with van der Waals surface area (Å²) in [5.74, 6) is 0.156. The van der Waals surface area contributed by atoms with Crippen LogP contribution >= 0.6 is 26.8 Å². The van der Waals surface area contributed by atoms with Crippen LogP contribution in [0.5, 0.6) is 0 Å². The summed E-state index contributed by atoms with van der Waals surface area (Å²) in [6, 6.07) is 1.84. The Morgan fingerprint density at radius 1 is 1.28 bits per heavy atom. The molecule has 3 N–H and O–H groups in total. The van der Waals surface area contributed by atoms with Crippen molar-refractivity contribution >= 4 is 38.1 Å². The molecule has 2 aliphatic rings. The predicted octanol–water partition coefficient (Wildman–Crippen LogP) is 2.68. The van der Waals surface area contributed by atoms with Gasteiger partial charge in [-0.1, -0.05) is 18.5 Å². The van der Waals surface area contributed by atoms with Crippen molar-refractivity contribution in [3.05, 3.63) is 23.1 Å². The molecule has 5 atom stereocenters. The number of piperidine rings is 1. The number of imidazole rings is 1. The van der Waals surface area contributed by atoms with Gasteiger partial charge < -0.3 is 28.8 Å². The van der Waals surface area contributed by atoms with Crippen molar-refractivity contribution < 1.29 is 33.1 Å². The second-order valence-corrected chi connectivity index (χ2v) is 13.0. The van der Waals surface area contributed by atoms with Gasteiger partial charge in [-0.05, 0) is 24.7 Å². The van der Waals surface area contributed by atoms with Gasteiger partial charge in [0, 0.05) is 32.2 Å². The molecule has 2 aromatic rings. The van der Waals surface area contributed by atoms with Crippen molar-refractivity contribution in [1.29, 1.82) is 0 Å². The highest BCUT2D eigenvalue weighted by molar-refractivity contribution is 7.70. The highest BCUT2D eigenvalue weighted by Gasteiger charge is 2.45. The van der Waals surface area contributed by atoms with Gasteiger partial charge in [-0.25, -0.2) is 9.50 Å². The van der Waals surface area contributed by atoms with E-state index in [9.17, 15) is 14.0 Å². The van der Waals surface area contributed by atoms with Crippen molar-refractivity contribution in [2.45, 2.75) is 31.8 Å². The third kappa shape index (κ3) is 5.54. The quantitative estimate of drug-likeness (QED) is 0.409. The van der Waals surface area contributed by atoms with E-state index >= 15 is 0 Å². The molecular formula is C18H27ClN4O7P2. The second kappa shape index (κ2) is 8.96. The number of ether oxygens (including phenoxy) is 1. The first-order valence-corrected chi connectivity index (χ1v) is 14.2. The zero-order valence-corrected chi connectivity index (χ0v) is 20.3. The maximum absolute atomic E-state index is 11.9. The summed E-state index contributed by atoms with van der Waals surface area (Å²) in [6.45, 7) is 3.65. The average molecular weight is 509 g/mol. The van der Waals surface area contributed by atoms with Gasteiger partial charge in [-0.15, -0.1) is 0 Å². The summed E-state index contributed by atoms with van der Waals surface area (Å²) in [5, 5.41) is 4.79. The van der Waals surface area contributed by atoms with E-state index in [1.165, 1.54) is 13.5 Å². The van der Waals surface area contributed by atoms with Gasteiger partial charge in [-0.2, -0.15) is 5.10 Å². The lowest BCUT2D eigenvalue weighted by atomic mass is 10.0. The highest BCUT2D eigenvalue weighted by Crippen LogP contribution is 2.55. The summed E-state index contributed by atoms with van der Waals surface area (Å²) in [7, 11) is -7.70. The summed E-state index contributed by atoms with van der Waals surface area (Å²) in [4.78, 5) is 34.4. The molecule has 2 aromatic heterocycles. The van der Waals surface area contributed by atoms with Crippen LogP contribution in [0.15, 0.2) is 12.3 Å². The summed E-state index contributed by atoms with van der Waals surface area (Å²) >= 11 is 6.32. The minimum absolute atomic E-state index is 0.121. The van der Waals surface area contributed by atoms with Crippen molar-refractivity contribution in [1.82, 2.24) is 14.6 Å². The maximum atomic E-state index is 11.9. The molecular weight excluding hydrogens is 482 g/mol. The van der Waals surface area contributed by atoms with Crippen molar-refractivity contribution in [2.24, 2.45) is 11.8 Å². The molecule has 3 heterocycles. The number of nitrogens with zero attached hydrogens (tertiary/aromatic N) is 4. The van der Waals surface area contributed by atoms with Crippen LogP contribution in [0.4, 0.5) is 5.69 Å². The number of aromatic nitrogens is 3. The number of anilines is 1. The van der Waals surface area contributed by atoms with Crippen LogP contribution < -0.4 is 4.90 Å². The van der Waals surface area contributed by atoms with E-state index in [0.717, 1.165) is 42.0 Å². The highest BCUT2D eigenvalue weighted by atomic mass is 35.5. The number of hydrogen-bond acceptors (Lipinski definition) is 7. The zero-order valence-electron chi connectivity index (χ0n) is 17.7. The third-order valence-corrected chi connectivity index (χ3v) is 9.68. The zero-order chi connectivity index (χ0) is 23.3. The van der Waals surface area contributed by atoms with Gasteiger partial charge in [0.15, 0.2) is 16.7 Å². The van der Waals surface area contributed by atoms with E-state index in [1.54, 1.807) is 10.7 Å². The van der Waals surface area contributed by atoms with Crippen molar-refractivity contribution in [3.8, 4) is 0 Å². The number of hydrogen-bond donors (Lipinski definition) is 3. The van der Waals surface area contributed by atoms with Gasteiger partial charge in [0.2, 0.25) is 0 Å². The molecule has 0 bridgehead atoms. The number of fused-ring (bicyclic) bond motifs is 2. The third-order valence-electron chi connectivity index (χ3n) is 6.04. The van der Waals surface area contributed by atoms with Crippen LogP contribution in [-0.2, 0) is 18.4 Å². The number of methoxy groups -OCH3 is 1. The molecule has 0 aromatic carbocycles. The first-order valence-electron chi connectivity index (χ1n) is 10.3. The van der Waals surface area contributed by atoms with Crippen LogP contribution in [0.2, 0.25) is 5.15 Å². The Balaban J connectivity index is 1.47. The maximum Gasteiger partial charge on any atom is 0.340 e. The molecule has 0 spiro atoms. The Bertz CT molecular complexity index is 1080. The lowest BCUT2D eigenvalue weighted by molar-refractivity contribution is 0.0440. The topological polar surface area (TPSA) is 147 Å². The fourth-order valence-electron chi connectivity index (χ4n) is 4.32. The SMILES string of the molecule is CO[C@H](COP(=O)(O)CP(=O)(O)O)CC(C)c1cnc2c(N3CC4CC4C3)cc(Cl)nn12. The van der Waals surface area contributed by atoms with Crippen LogP contribution in [0.3, 0.4) is 0 Å². The molecule has 4 rings (SSSR count). The molecule has 0 radical (unpaired) electrons.